The van der Waals surface area contributed by atoms with Gasteiger partial charge >= 0.3 is 0 Å². The number of amides is 1. The molecular weight excluding hydrogens is 232 g/mol. The average Bonchev–Trinajstić information content (AvgIpc) is 2.69. The molecule has 0 bridgehead atoms. The van der Waals surface area contributed by atoms with E-state index in [0.717, 1.165) is 0 Å². The van der Waals surface area contributed by atoms with E-state index in [1.807, 2.05) is 18.2 Å². The summed E-state index contributed by atoms with van der Waals surface area (Å²) in [5.74, 6) is 1.00. The standard InChI is InChI=1S/C13H14N2O3/c1-9-13(10(2)18-15-9)14-12(16)8-17-11-6-4-3-5-7-11/h3-7H,8H2,1-2H3,(H,14,16). The molecule has 1 aromatic carbocycles. The van der Waals surface area contributed by atoms with Gasteiger partial charge in [0, 0.05) is 0 Å². The fourth-order valence-electron chi connectivity index (χ4n) is 1.50. The molecule has 1 heterocycles. The van der Waals surface area contributed by atoms with Gasteiger partial charge in [0.1, 0.15) is 17.1 Å². The van der Waals surface area contributed by atoms with Crippen LogP contribution in [0.1, 0.15) is 11.5 Å². The number of anilines is 1. The van der Waals surface area contributed by atoms with Crippen molar-refractivity contribution in [1.82, 2.24) is 5.16 Å². The van der Waals surface area contributed by atoms with Crippen LogP contribution in [-0.4, -0.2) is 17.7 Å². The second-order valence-electron chi connectivity index (χ2n) is 3.85. The molecule has 0 radical (unpaired) electrons. The van der Waals surface area contributed by atoms with Crippen LogP contribution >= 0.6 is 0 Å². The van der Waals surface area contributed by atoms with Crippen LogP contribution in [0, 0.1) is 13.8 Å². The van der Waals surface area contributed by atoms with E-state index in [-0.39, 0.29) is 12.5 Å². The predicted molar refractivity (Wildman–Crippen MR) is 66.5 cm³/mol. The number of hydrogen-bond acceptors (Lipinski definition) is 4. The van der Waals surface area contributed by atoms with Crippen molar-refractivity contribution >= 4 is 11.6 Å². The highest BCUT2D eigenvalue weighted by Crippen LogP contribution is 2.18. The minimum Gasteiger partial charge on any atom is -0.484 e. The summed E-state index contributed by atoms with van der Waals surface area (Å²) in [6.07, 6.45) is 0. The van der Waals surface area contributed by atoms with Gasteiger partial charge in [0.05, 0.1) is 0 Å². The molecule has 0 spiro atoms. The van der Waals surface area contributed by atoms with Gasteiger partial charge < -0.3 is 14.6 Å². The number of rotatable bonds is 4. The van der Waals surface area contributed by atoms with E-state index < -0.39 is 0 Å². The van der Waals surface area contributed by atoms with Crippen molar-refractivity contribution in [3.8, 4) is 5.75 Å². The van der Waals surface area contributed by atoms with E-state index in [4.69, 9.17) is 9.26 Å². The van der Waals surface area contributed by atoms with Gasteiger partial charge in [-0.05, 0) is 26.0 Å². The number of para-hydroxylation sites is 1. The van der Waals surface area contributed by atoms with Crippen LogP contribution in [-0.2, 0) is 4.79 Å². The van der Waals surface area contributed by atoms with Crippen LogP contribution in [0.5, 0.6) is 5.75 Å². The van der Waals surface area contributed by atoms with Crippen LogP contribution in [0.3, 0.4) is 0 Å². The molecular formula is C13H14N2O3. The lowest BCUT2D eigenvalue weighted by atomic mass is 10.3. The van der Waals surface area contributed by atoms with E-state index in [1.54, 1.807) is 26.0 Å². The van der Waals surface area contributed by atoms with E-state index in [1.165, 1.54) is 0 Å². The summed E-state index contributed by atoms with van der Waals surface area (Å²) < 4.78 is 10.3. The smallest absolute Gasteiger partial charge is 0.262 e. The number of ether oxygens (including phenoxy) is 1. The highest BCUT2D eigenvalue weighted by molar-refractivity contribution is 5.92. The first-order chi connectivity index (χ1) is 8.66. The van der Waals surface area contributed by atoms with Crippen LogP contribution in [0.15, 0.2) is 34.9 Å². The number of nitrogens with zero attached hydrogens (tertiary/aromatic N) is 1. The molecule has 2 aromatic rings. The molecule has 0 saturated carbocycles. The van der Waals surface area contributed by atoms with Crippen LogP contribution in [0.2, 0.25) is 0 Å². The van der Waals surface area contributed by atoms with Crippen LogP contribution < -0.4 is 10.1 Å². The number of nitrogens with one attached hydrogen (secondary N) is 1. The number of aryl methyl sites for hydroxylation is 2. The molecule has 1 amide bonds. The van der Waals surface area contributed by atoms with Gasteiger partial charge in [-0.25, -0.2) is 0 Å². The number of hydrogen-bond donors (Lipinski definition) is 1. The fraction of sp³-hybridized carbons (Fsp3) is 0.231. The Morgan fingerprint density at radius 1 is 1.33 bits per heavy atom. The van der Waals surface area contributed by atoms with E-state index >= 15 is 0 Å². The van der Waals surface area contributed by atoms with Gasteiger partial charge in [-0.2, -0.15) is 0 Å². The monoisotopic (exact) mass is 246 g/mol. The van der Waals surface area contributed by atoms with E-state index in [2.05, 4.69) is 10.5 Å². The highest BCUT2D eigenvalue weighted by atomic mass is 16.5. The Balaban J connectivity index is 1.90. The van der Waals surface area contributed by atoms with Crippen molar-refractivity contribution in [1.29, 1.82) is 0 Å². The predicted octanol–water partition coefficient (Wildman–Crippen LogP) is 2.31. The molecule has 1 N–H and O–H groups in total. The zero-order valence-corrected chi connectivity index (χ0v) is 10.3. The van der Waals surface area contributed by atoms with Crippen molar-refractivity contribution in [2.75, 3.05) is 11.9 Å². The van der Waals surface area contributed by atoms with Gasteiger partial charge in [-0.1, -0.05) is 23.4 Å². The Morgan fingerprint density at radius 3 is 2.67 bits per heavy atom. The molecule has 5 nitrogen and oxygen atoms in total. The first-order valence-corrected chi connectivity index (χ1v) is 5.57. The third kappa shape index (κ3) is 2.88. The number of carbonyl (C=O) groups excluding carboxylic acids is 1. The maximum Gasteiger partial charge on any atom is 0.262 e. The molecule has 0 aliphatic carbocycles. The van der Waals surface area contributed by atoms with Crippen molar-refractivity contribution < 1.29 is 14.1 Å². The molecule has 18 heavy (non-hydrogen) atoms. The SMILES string of the molecule is Cc1noc(C)c1NC(=O)COc1ccccc1. The summed E-state index contributed by atoms with van der Waals surface area (Å²) in [6, 6.07) is 9.17. The summed E-state index contributed by atoms with van der Waals surface area (Å²) in [5, 5.41) is 6.47. The lowest BCUT2D eigenvalue weighted by Crippen LogP contribution is -2.20. The molecule has 1 aromatic heterocycles. The molecule has 94 valence electrons. The van der Waals surface area contributed by atoms with Crippen molar-refractivity contribution in [2.45, 2.75) is 13.8 Å². The molecule has 0 atom stereocenters. The Bertz CT molecular complexity index is 515. The van der Waals surface area contributed by atoms with Gasteiger partial charge in [-0.15, -0.1) is 0 Å². The minimum absolute atomic E-state index is 0.0475. The fourth-order valence-corrected chi connectivity index (χ4v) is 1.50. The maximum atomic E-state index is 11.7. The molecule has 0 unspecified atom stereocenters. The zero-order valence-electron chi connectivity index (χ0n) is 10.3. The second-order valence-corrected chi connectivity index (χ2v) is 3.85. The lowest BCUT2D eigenvalue weighted by Gasteiger charge is -2.06. The first-order valence-electron chi connectivity index (χ1n) is 5.57. The van der Waals surface area contributed by atoms with Gasteiger partial charge in [-0.3, -0.25) is 4.79 Å². The summed E-state index contributed by atoms with van der Waals surface area (Å²) in [7, 11) is 0. The molecule has 0 aliphatic heterocycles. The first kappa shape index (κ1) is 12.2. The minimum atomic E-state index is -0.242. The second kappa shape index (κ2) is 5.35. The highest BCUT2D eigenvalue weighted by Gasteiger charge is 2.12. The topological polar surface area (TPSA) is 64.4 Å². The molecule has 0 aliphatic rings. The van der Waals surface area contributed by atoms with Crippen molar-refractivity contribution in [3.05, 3.63) is 41.8 Å². The summed E-state index contributed by atoms with van der Waals surface area (Å²) >= 11 is 0. The quantitative estimate of drug-likeness (QED) is 0.899. The molecule has 5 heteroatoms. The Morgan fingerprint density at radius 2 is 2.06 bits per heavy atom. The van der Waals surface area contributed by atoms with Crippen molar-refractivity contribution in [2.24, 2.45) is 0 Å². The summed E-state index contributed by atoms with van der Waals surface area (Å²) in [5.41, 5.74) is 1.26. The van der Waals surface area contributed by atoms with E-state index in [9.17, 15) is 4.79 Å². The Kier molecular flexibility index (Phi) is 3.62. The summed E-state index contributed by atoms with van der Waals surface area (Å²) in [4.78, 5) is 11.7. The van der Waals surface area contributed by atoms with Gasteiger partial charge in [0.25, 0.3) is 5.91 Å². The average molecular weight is 246 g/mol. The normalized spacial score (nSPS) is 10.1. The number of aromatic nitrogens is 1. The van der Waals surface area contributed by atoms with E-state index in [0.29, 0.717) is 22.9 Å². The lowest BCUT2D eigenvalue weighted by molar-refractivity contribution is -0.118. The Labute approximate surface area is 105 Å². The Hall–Kier alpha value is -2.30. The molecule has 2 rings (SSSR count). The van der Waals surface area contributed by atoms with Gasteiger partial charge in [0.15, 0.2) is 12.4 Å². The molecule has 0 fully saturated rings. The third-order valence-electron chi connectivity index (χ3n) is 2.41. The van der Waals surface area contributed by atoms with Crippen LogP contribution in [0.25, 0.3) is 0 Å². The van der Waals surface area contributed by atoms with Crippen molar-refractivity contribution in [3.63, 3.8) is 0 Å². The maximum absolute atomic E-state index is 11.7. The van der Waals surface area contributed by atoms with Gasteiger partial charge in [0.2, 0.25) is 0 Å². The summed E-state index contributed by atoms with van der Waals surface area (Å²) in [6.45, 7) is 3.46. The third-order valence-corrected chi connectivity index (χ3v) is 2.41. The van der Waals surface area contributed by atoms with Crippen LogP contribution in [0.4, 0.5) is 5.69 Å². The molecule has 0 saturated heterocycles. The largest absolute Gasteiger partial charge is 0.484 e. The zero-order chi connectivity index (χ0) is 13.0. The number of carbonyl (C=O) groups is 1. The number of benzene rings is 1.